The van der Waals surface area contributed by atoms with E-state index in [1.54, 1.807) is 25.7 Å². The number of alkyl carbamates (subject to hydrolysis) is 1. The smallest absolute Gasteiger partial charge is 0.408 e. The highest BCUT2D eigenvalue weighted by molar-refractivity contribution is 5.82. The van der Waals surface area contributed by atoms with Crippen molar-refractivity contribution in [2.24, 2.45) is 5.92 Å². The van der Waals surface area contributed by atoms with Gasteiger partial charge < -0.3 is 20.3 Å². The minimum atomic E-state index is -0.578. The zero-order valence-electron chi connectivity index (χ0n) is 16.0. The molecule has 1 aliphatic rings. The van der Waals surface area contributed by atoms with Crippen LogP contribution in [0.2, 0.25) is 0 Å². The van der Waals surface area contributed by atoms with Crippen LogP contribution in [0.15, 0.2) is 0 Å². The standard InChI is InChI=1S/C18H33N3O4/c1-5-6-7-15(22)19-12-14-8-10-21(11-9-14)16(23)13-20-17(24)25-18(2,3)4/h14H,5-13H2,1-4H3,(H,19,22)(H,20,24). The number of hydrogen-bond donors (Lipinski definition) is 2. The maximum Gasteiger partial charge on any atom is 0.408 e. The molecule has 0 unspecified atom stereocenters. The summed E-state index contributed by atoms with van der Waals surface area (Å²) in [4.78, 5) is 37.1. The van der Waals surface area contributed by atoms with Crippen molar-refractivity contribution in [3.05, 3.63) is 0 Å². The van der Waals surface area contributed by atoms with Crippen molar-refractivity contribution in [1.29, 1.82) is 0 Å². The van der Waals surface area contributed by atoms with Crippen LogP contribution < -0.4 is 10.6 Å². The minimum absolute atomic E-state index is 0.0483. The van der Waals surface area contributed by atoms with Crippen LogP contribution in [0.25, 0.3) is 0 Å². The summed E-state index contributed by atoms with van der Waals surface area (Å²) in [5, 5.41) is 5.47. The summed E-state index contributed by atoms with van der Waals surface area (Å²) >= 11 is 0. The van der Waals surface area contributed by atoms with Gasteiger partial charge in [0.15, 0.2) is 0 Å². The number of nitrogens with zero attached hydrogens (tertiary/aromatic N) is 1. The van der Waals surface area contributed by atoms with Gasteiger partial charge in [0, 0.05) is 26.1 Å². The molecule has 0 atom stereocenters. The SMILES string of the molecule is CCCCC(=O)NCC1CCN(C(=O)CNC(=O)OC(C)(C)C)CC1. The third-order valence-electron chi connectivity index (χ3n) is 4.10. The number of rotatable bonds is 7. The molecule has 1 aliphatic heterocycles. The fraction of sp³-hybridized carbons (Fsp3) is 0.833. The molecule has 144 valence electrons. The lowest BCUT2D eigenvalue weighted by Gasteiger charge is -2.32. The maximum atomic E-state index is 12.1. The van der Waals surface area contributed by atoms with Crippen molar-refractivity contribution in [2.45, 2.75) is 65.4 Å². The fourth-order valence-electron chi connectivity index (χ4n) is 2.64. The number of hydrogen-bond acceptors (Lipinski definition) is 4. The van der Waals surface area contributed by atoms with Gasteiger partial charge in [-0.05, 0) is 46.0 Å². The first-order valence-electron chi connectivity index (χ1n) is 9.22. The molecule has 0 radical (unpaired) electrons. The first kappa shape index (κ1) is 21.3. The highest BCUT2D eigenvalue weighted by Gasteiger charge is 2.24. The number of piperidine rings is 1. The van der Waals surface area contributed by atoms with Crippen LogP contribution in [-0.4, -0.2) is 54.6 Å². The Hall–Kier alpha value is -1.79. The lowest BCUT2D eigenvalue weighted by Crippen LogP contribution is -2.46. The summed E-state index contributed by atoms with van der Waals surface area (Å²) < 4.78 is 5.11. The number of carbonyl (C=O) groups is 3. The topological polar surface area (TPSA) is 87.7 Å². The van der Waals surface area contributed by atoms with E-state index >= 15 is 0 Å². The summed E-state index contributed by atoms with van der Waals surface area (Å²) in [5.74, 6) is 0.423. The van der Waals surface area contributed by atoms with Crippen LogP contribution in [0.3, 0.4) is 0 Å². The second kappa shape index (κ2) is 10.3. The molecular formula is C18H33N3O4. The van der Waals surface area contributed by atoms with Crippen LogP contribution >= 0.6 is 0 Å². The van der Waals surface area contributed by atoms with Crippen molar-refractivity contribution in [1.82, 2.24) is 15.5 Å². The molecule has 7 heteroatoms. The Morgan fingerprint density at radius 2 is 1.76 bits per heavy atom. The van der Waals surface area contributed by atoms with E-state index < -0.39 is 11.7 Å². The molecule has 0 bridgehead atoms. The van der Waals surface area contributed by atoms with Gasteiger partial charge in [-0.2, -0.15) is 0 Å². The second-order valence-electron chi connectivity index (χ2n) is 7.59. The lowest BCUT2D eigenvalue weighted by atomic mass is 9.96. The molecule has 25 heavy (non-hydrogen) atoms. The number of amides is 3. The van der Waals surface area contributed by atoms with E-state index in [1.165, 1.54) is 0 Å². The minimum Gasteiger partial charge on any atom is -0.444 e. The number of unbranched alkanes of at least 4 members (excludes halogenated alkanes) is 1. The molecule has 2 N–H and O–H groups in total. The van der Waals surface area contributed by atoms with E-state index in [2.05, 4.69) is 17.6 Å². The monoisotopic (exact) mass is 355 g/mol. The molecular weight excluding hydrogens is 322 g/mol. The van der Waals surface area contributed by atoms with Gasteiger partial charge in [-0.1, -0.05) is 13.3 Å². The zero-order valence-corrected chi connectivity index (χ0v) is 16.0. The molecule has 1 saturated heterocycles. The van der Waals surface area contributed by atoms with Gasteiger partial charge in [-0.25, -0.2) is 4.79 Å². The molecule has 0 aromatic rings. The van der Waals surface area contributed by atoms with E-state index in [0.29, 0.717) is 32.0 Å². The number of nitrogens with one attached hydrogen (secondary N) is 2. The Balaban J connectivity index is 2.21. The van der Waals surface area contributed by atoms with E-state index in [4.69, 9.17) is 4.74 Å². The number of carbonyl (C=O) groups excluding carboxylic acids is 3. The van der Waals surface area contributed by atoms with Crippen LogP contribution in [0.5, 0.6) is 0 Å². The molecule has 0 spiro atoms. The van der Waals surface area contributed by atoms with Gasteiger partial charge in [-0.15, -0.1) is 0 Å². The molecule has 7 nitrogen and oxygen atoms in total. The third kappa shape index (κ3) is 9.31. The van der Waals surface area contributed by atoms with Gasteiger partial charge in [-0.3, -0.25) is 9.59 Å². The van der Waals surface area contributed by atoms with E-state index in [9.17, 15) is 14.4 Å². The van der Waals surface area contributed by atoms with Gasteiger partial charge >= 0.3 is 6.09 Å². The largest absolute Gasteiger partial charge is 0.444 e. The summed E-state index contributed by atoms with van der Waals surface area (Å²) in [6.45, 7) is 9.35. The van der Waals surface area contributed by atoms with E-state index in [0.717, 1.165) is 25.7 Å². The lowest BCUT2D eigenvalue weighted by molar-refractivity contribution is -0.131. The highest BCUT2D eigenvalue weighted by Crippen LogP contribution is 2.16. The summed E-state index contributed by atoms with van der Waals surface area (Å²) in [6.07, 6.45) is 3.68. The number of likely N-dealkylation sites (tertiary alicyclic amines) is 1. The molecule has 0 aromatic carbocycles. The van der Waals surface area contributed by atoms with E-state index in [-0.39, 0.29) is 18.4 Å². The number of ether oxygens (including phenoxy) is 1. The van der Waals surface area contributed by atoms with Gasteiger partial charge in [0.2, 0.25) is 11.8 Å². The Kier molecular flexibility index (Phi) is 8.72. The van der Waals surface area contributed by atoms with Crippen molar-refractivity contribution < 1.29 is 19.1 Å². The van der Waals surface area contributed by atoms with E-state index in [1.807, 2.05) is 0 Å². The van der Waals surface area contributed by atoms with Crippen molar-refractivity contribution >= 4 is 17.9 Å². The van der Waals surface area contributed by atoms with Crippen LogP contribution in [0.1, 0.15) is 59.8 Å². The quantitative estimate of drug-likeness (QED) is 0.732. The Morgan fingerprint density at radius 3 is 2.32 bits per heavy atom. The zero-order chi connectivity index (χ0) is 18.9. The average Bonchev–Trinajstić information content (AvgIpc) is 2.55. The molecule has 1 rings (SSSR count). The van der Waals surface area contributed by atoms with Crippen LogP contribution in [0.4, 0.5) is 4.79 Å². The molecule has 3 amide bonds. The normalized spacial score (nSPS) is 15.6. The predicted octanol–water partition coefficient (Wildman–Crippen LogP) is 2.06. The third-order valence-corrected chi connectivity index (χ3v) is 4.10. The van der Waals surface area contributed by atoms with Gasteiger partial charge in [0.1, 0.15) is 12.1 Å². The Morgan fingerprint density at radius 1 is 1.12 bits per heavy atom. The van der Waals surface area contributed by atoms with Crippen molar-refractivity contribution in [3.8, 4) is 0 Å². The Labute approximate surface area is 150 Å². The predicted molar refractivity (Wildman–Crippen MR) is 96.1 cm³/mol. The van der Waals surface area contributed by atoms with Crippen LogP contribution in [-0.2, 0) is 14.3 Å². The Bertz CT molecular complexity index is 452. The second-order valence-corrected chi connectivity index (χ2v) is 7.59. The average molecular weight is 355 g/mol. The van der Waals surface area contributed by atoms with Crippen molar-refractivity contribution in [2.75, 3.05) is 26.2 Å². The maximum absolute atomic E-state index is 12.1. The van der Waals surface area contributed by atoms with Crippen LogP contribution in [0, 0.1) is 5.92 Å². The highest BCUT2D eigenvalue weighted by atomic mass is 16.6. The molecule has 1 heterocycles. The van der Waals surface area contributed by atoms with Gasteiger partial charge in [0.05, 0.1) is 0 Å². The fourth-order valence-corrected chi connectivity index (χ4v) is 2.64. The summed E-state index contributed by atoms with van der Waals surface area (Å²) in [7, 11) is 0. The molecule has 1 fully saturated rings. The molecule has 0 aromatic heterocycles. The summed E-state index contributed by atoms with van der Waals surface area (Å²) in [6, 6.07) is 0. The first-order chi connectivity index (χ1) is 11.7. The molecule has 0 aliphatic carbocycles. The van der Waals surface area contributed by atoms with Crippen molar-refractivity contribution in [3.63, 3.8) is 0 Å². The first-order valence-corrected chi connectivity index (χ1v) is 9.22. The van der Waals surface area contributed by atoms with Gasteiger partial charge in [0.25, 0.3) is 0 Å². The summed E-state index contributed by atoms with van der Waals surface area (Å²) in [5.41, 5.74) is -0.576. The molecule has 0 saturated carbocycles.